The average molecular weight is 370 g/mol. The van der Waals surface area contributed by atoms with E-state index in [4.69, 9.17) is 0 Å². The summed E-state index contributed by atoms with van der Waals surface area (Å²) in [7, 11) is 0. The van der Waals surface area contributed by atoms with Crippen molar-refractivity contribution in [1.82, 2.24) is 15.6 Å². The summed E-state index contributed by atoms with van der Waals surface area (Å²) < 4.78 is 0. The Hall–Kier alpha value is -3.29. The third-order valence-electron chi connectivity index (χ3n) is 4.16. The maximum Gasteiger partial charge on any atom is 0.288 e. The Kier molecular flexibility index (Phi) is 6.59. The van der Waals surface area contributed by atoms with Gasteiger partial charge in [0.2, 0.25) is 0 Å². The predicted molar refractivity (Wildman–Crippen MR) is 100 cm³/mol. The first kappa shape index (κ1) is 20.0. The number of aromatic nitrogens is 1. The second kappa shape index (κ2) is 8.88. The van der Waals surface area contributed by atoms with E-state index in [-0.39, 0.29) is 29.7 Å². The molecule has 0 spiro atoms. The van der Waals surface area contributed by atoms with Crippen LogP contribution >= 0.6 is 0 Å². The lowest BCUT2D eigenvalue weighted by atomic mass is 10.1. The fraction of sp³-hybridized carbons (Fsp3) is 0.316. The summed E-state index contributed by atoms with van der Waals surface area (Å²) in [5.41, 5.74) is 1.57. The maximum absolute atomic E-state index is 12.4. The second-order valence-corrected chi connectivity index (χ2v) is 6.25. The fourth-order valence-electron chi connectivity index (χ4n) is 2.36. The summed E-state index contributed by atoms with van der Waals surface area (Å²) in [5, 5.41) is 16.5. The zero-order chi connectivity index (χ0) is 20.0. The lowest BCUT2D eigenvalue weighted by Crippen LogP contribution is -2.32. The van der Waals surface area contributed by atoms with Crippen molar-refractivity contribution in [3.05, 3.63) is 69.0 Å². The first-order chi connectivity index (χ1) is 12.8. The van der Waals surface area contributed by atoms with E-state index in [1.165, 1.54) is 6.07 Å². The lowest BCUT2D eigenvalue weighted by molar-refractivity contribution is -0.385. The molecule has 1 aromatic carbocycles. The summed E-state index contributed by atoms with van der Waals surface area (Å²) in [5.74, 6) is -0.630. The van der Waals surface area contributed by atoms with Gasteiger partial charge in [-0.1, -0.05) is 19.1 Å². The van der Waals surface area contributed by atoms with Gasteiger partial charge >= 0.3 is 0 Å². The highest BCUT2D eigenvalue weighted by Crippen LogP contribution is 2.15. The van der Waals surface area contributed by atoms with E-state index in [2.05, 4.69) is 15.6 Å². The molecule has 0 saturated heterocycles. The Morgan fingerprint density at radius 2 is 2.00 bits per heavy atom. The molecule has 142 valence electrons. The van der Waals surface area contributed by atoms with Gasteiger partial charge in [0.15, 0.2) is 0 Å². The molecular weight excluding hydrogens is 348 g/mol. The van der Waals surface area contributed by atoms with Crippen molar-refractivity contribution < 1.29 is 14.5 Å². The minimum absolute atomic E-state index is 0.0743. The van der Waals surface area contributed by atoms with Crippen molar-refractivity contribution in [2.75, 3.05) is 0 Å². The second-order valence-electron chi connectivity index (χ2n) is 6.25. The highest BCUT2D eigenvalue weighted by Gasteiger charge is 2.16. The number of aryl methyl sites for hydroxylation is 1. The van der Waals surface area contributed by atoms with Gasteiger partial charge in [0.05, 0.1) is 16.2 Å². The van der Waals surface area contributed by atoms with Crippen LogP contribution in [0.15, 0.2) is 36.5 Å². The number of amides is 2. The predicted octanol–water partition coefficient (Wildman–Crippen LogP) is 2.76. The molecular formula is C19H22N4O4. The maximum atomic E-state index is 12.4. The number of hydrogen-bond acceptors (Lipinski definition) is 5. The molecule has 0 saturated carbocycles. The Balaban J connectivity index is 2.08. The van der Waals surface area contributed by atoms with E-state index >= 15 is 0 Å². The van der Waals surface area contributed by atoms with Crippen LogP contribution in [-0.2, 0) is 6.54 Å². The Morgan fingerprint density at radius 1 is 1.26 bits per heavy atom. The number of nitro groups is 1. The van der Waals surface area contributed by atoms with Crippen LogP contribution in [0.4, 0.5) is 5.69 Å². The molecule has 0 unspecified atom stereocenters. The Labute approximate surface area is 157 Å². The van der Waals surface area contributed by atoms with E-state index < -0.39 is 10.8 Å². The molecule has 2 amide bonds. The minimum Gasteiger partial charge on any atom is -0.350 e. The molecule has 0 aliphatic carbocycles. The summed E-state index contributed by atoms with van der Waals surface area (Å²) in [4.78, 5) is 38.7. The highest BCUT2D eigenvalue weighted by molar-refractivity contribution is 5.96. The molecule has 8 heteroatoms. The molecule has 0 aliphatic rings. The van der Waals surface area contributed by atoms with Gasteiger partial charge in [-0.3, -0.25) is 24.7 Å². The van der Waals surface area contributed by atoms with E-state index in [9.17, 15) is 19.7 Å². The van der Waals surface area contributed by atoms with Crippen LogP contribution in [0, 0.1) is 17.0 Å². The van der Waals surface area contributed by atoms with E-state index in [0.29, 0.717) is 11.3 Å². The monoisotopic (exact) mass is 370 g/mol. The van der Waals surface area contributed by atoms with Crippen LogP contribution in [0.2, 0.25) is 0 Å². The van der Waals surface area contributed by atoms with Crippen LogP contribution in [0.25, 0.3) is 0 Å². The summed E-state index contributed by atoms with van der Waals surface area (Å²) in [6, 6.07) is 8.22. The van der Waals surface area contributed by atoms with Crippen molar-refractivity contribution in [3.8, 4) is 0 Å². The van der Waals surface area contributed by atoms with Gasteiger partial charge in [-0.15, -0.1) is 0 Å². The fourth-order valence-corrected chi connectivity index (χ4v) is 2.36. The number of nitrogens with one attached hydrogen (secondary N) is 2. The van der Waals surface area contributed by atoms with Crippen LogP contribution in [0.1, 0.15) is 52.2 Å². The molecule has 27 heavy (non-hydrogen) atoms. The van der Waals surface area contributed by atoms with Gasteiger partial charge in [-0.2, -0.15) is 0 Å². The van der Waals surface area contributed by atoms with Crippen LogP contribution < -0.4 is 10.6 Å². The van der Waals surface area contributed by atoms with E-state index in [1.54, 1.807) is 31.2 Å². The summed E-state index contributed by atoms with van der Waals surface area (Å²) in [6.45, 7) is 5.71. The zero-order valence-electron chi connectivity index (χ0n) is 15.5. The van der Waals surface area contributed by atoms with Crippen molar-refractivity contribution in [2.45, 2.75) is 39.8 Å². The molecule has 1 atom stereocenters. The minimum atomic E-state index is -0.595. The standard InChI is InChI=1S/C19H22N4O4/c1-4-12(2)22-18(24)15-7-5-6-14(8-15)10-21-19(25)17-9-16(23(26)27)11-20-13(17)3/h5-9,11-12H,4,10H2,1-3H3,(H,21,25)(H,22,24)/t12-/m1/s1. The van der Waals surface area contributed by atoms with Gasteiger partial charge in [0, 0.05) is 24.2 Å². The van der Waals surface area contributed by atoms with Crippen molar-refractivity contribution in [1.29, 1.82) is 0 Å². The molecule has 1 aromatic heterocycles. The Morgan fingerprint density at radius 3 is 2.67 bits per heavy atom. The number of rotatable bonds is 7. The van der Waals surface area contributed by atoms with Gasteiger partial charge < -0.3 is 10.6 Å². The van der Waals surface area contributed by atoms with Gasteiger partial charge in [-0.05, 0) is 38.0 Å². The molecule has 0 aliphatic heterocycles. The van der Waals surface area contributed by atoms with Crippen molar-refractivity contribution in [2.24, 2.45) is 0 Å². The average Bonchev–Trinajstić information content (AvgIpc) is 2.66. The SMILES string of the molecule is CC[C@@H](C)NC(=O)c1cccc(CNC(=O)c2cc([N+](=O)[O-])cnc2C)c1. The van der Waals surface area contributed by atoms with Crippen LogP contribution in [0.5, 0.6) is 0 Å². The van der Waals surface area contributed by atoms with E-state index in [1.807, 2.05) is 13.8 Å². The number of hydrogen-bond donors (Lipinski definition) is 2. The van der Waals surface area contributed by atoms with Crippen molar-refractivity contribution in [3.63, 3.8) is 0 Å². The van der Waals surface area contributed by atoms with Gasteiger partial charge in [-0.25, -0.2) is 0 Å². The largest absolute Gasteiger partial charge is 0.350 e. The molecule has 2 aromatic rings. The number of carbonyl (C=O) groups excluding carboxylic acids is 2. The highest BCUT2D eigenvalue weighted by atomic mass is 16.6. The number of nitrogens with zero attached hydrogens (tertiary/aromatic N) is 2. The Bertz CT molecular complexity index is 867. The normalized spacial score (nSPS) is 11.5. The quantitative estimate of drug-likeness (QED) is 0.574. The smallest absolute Gasteiger partial charge is 0.288 e. The summed E-state index contributed by atoms with van der Waals surface area (Å²) in [6.07, 6.45) is 1.95. The zero-order valence-corrected chi connectivity index (χ0v) is 15.5. The number of benzene rings is 1. The number of pyridine rings is 1. The first-order valence-corrected chi connectivity index (χ1v) is 8.60. The van der Waals surface area contributed by atoms with Gasteiger partial charge in [0.25, 0.3) is 17.5 Å². The van der Waals surface area contributed by atoms with Crippen LogP contribution in [0.3, 0.4) is 0 Å². The molecule has 1 heterocycles. The van der Waals surface area contributed by atoms with E-state index in [0.717, 1.165) is 18.2 Å². The lowest BCUT2D eigenvalue weighted by Gasteiger charge is -2.12. The van der Waals surface area contributed by atoms with Crippen molar-refractivity contribution >= 4 is 17.5 Å². The topological polar surface area (TPSA) is 114 Å². The molecule has 2 N–H and O–H groups in total. The molecule has 0 radical (unpaired) electrons. The third kappa shape index (κ3) is 5.34. The molecule has 0 bridgehead atoms. The van der Waals surface area contributed by atoms with Gasteiger partial charge in [0.1, 0.15) is 6.20 Å². The third-order valence-corrected chi connectivity index (χ3v) is 4.16. The molecule has 2 rings (SSSR count). The molecule has 0 fully saturated rings. The molecule has 8 nitrogen and oxygen atoms in total. The first-order valence-electron chi connectivity index (χ1n) is 8.60. The number of carbonyl (C=O) groups is 2. The summed E-state index contributed by atoms with van der Waals surface area (Å²) >= 11 is 0. The van der Waals surface area contributed by atoms with Crippen LogP contribution in [-0.4, -0.2) is 27.8 Å².